The van der Waals surface area contributed by atoms with E-state index in [1.165, 1.54) is 35.1 Å². The van der Waals surface area contributed by atoms with E-state index in [4.69, 9.17) is 0 Å². The van der Waals surface area contributed by atoms with Gasteiger partial charge in [0.05, 0.1) is 12.4 Å². The van der Waals surface area contributed by atoms with Crippen LogP contribution in [0.4, 0.5) is 5.69 Å². The number of likely N-dealkylation sites (tertiary alicyclic amines) is 1. The quantitative estimate of drug-likeness (QED) is 0.231. The van der Waals surface area contributed by atoms with Crippen molar-refractivity contribution in [2.75, 3.05) is 31.6 Å². The fourth-order valence-corrected chi connectivity index (χ4v) is 5.59. The van der Waals surface area contributed by atoms with Gasteiger partial charge in [-0.3, -0.25) is 14.8 Å². The molecule has 0 radical (unpaired) electrons. The second-order valence-corrected chi connectivity index (χ2v) is 11.1. The van der Waals surface area contributed by atoms with Crippen molar-refractivity contribution in [1.29, 1.82) is 0 Å². The highest BCUT2D eigenvalue weighted by Crippen LogP contribution is 2.33. The van der Waals surface area contributed by atoms with Gasteiger partial charge >= 0.3 is 0 Å². The molecular formula is C34H40N4. The van der Waals surface area contributed by atoms with Crippen molar-refractivity contribution < 1.29 is 0 Å². The number of nitrogens with zero attached hydrogens (tertiary/aromatic N) is 3. The molecule has 1 fully saturated rings. The average Bonchev–Trinajstić information content (AvgIpc) is 2.95. The van der Waals surface area contributed by atoms with Crippen LogP contribution in [0.2, 0.25) is 0 Å². The molecule has 1 aliphatic heterocycles. The molecule has 0 unspecified atom stereocenters. The lowest BCUT2D eigenvalue weighted by atomic mass is 9.79. The van der Waals surface area contributed by atoms with E-state index in [9.17, 15) is 0 Å². The highest BCUT2D eigenvalue weighted by molar-refractivity contribution is 5.67. The molecule has 196 valence electrons. The van der Waals surface area contributed by atoms with Gasteiger partial charge < -0.3 is 5.32 Å². The lowest BCUT2D eigenvalue weighted by molar-refractivity contribution is 0.0711. The first-order chi connectivity index (χ1) is 18.6. The van der Waals surface area contributed by atoms with E-state index in [1.807, 2.05) is 12.3 Å². The van der Waals surface area contributed by atoms with Crippen LogP contribution in [0.5, 0.6) is 0 Å². The van der Waals surface area contributed by atoms with Gasteiger partial charge in [-0.05, 0) is 90.9 Å². The van der Waals surface area contributed by atoms with Crippen molar-refractivity contribution >= 4 is 5.69 Å². The highest BCUT2D eigenvalue weighted by atomic mass is 15.2. The van der Waals surface area contributed by atoms with Crippen molar-refractivity contribution in [1.82, 2.24) is 14.8 Å². The molecule has 5 rings (SSSR count). The van der Waals surface area contributed by atoms with Crippen LogP contribution in [-0.2, 0) is 13.1 Å². The largest absolute Gasteiger partial charge is 0.372 e. The lowest BCUT2D eigenvalue weighted by Gasteiger charge is -2.42. The Bertz CT molecular complexity index is 1280. The Balaban J connectivity index is 1.20. The molecule has 0 spiro atoms. The standard InChI is InChI=1S/C34H40N4/c1-28-11-6-7-17-33(28)30-13-10-12-29(23-30)24-37-21-18-34(2,19-22-37)26-38(25-32-16-8-9-20-35-32)27-36-31-14-4-3-5-15-31/h3-17,20,23,36H,18-19,21-22,24-27H2,1-2H3. The predicted molar refractivity (Wildman–Crippen MR) is 159 cm³/mol. The zero-order valence-electron chi connectivity index (χ0n) is 22.8. The summed E-state index contributed by atoms with van der Waals surface area (Å²) in [5.74, 6) is 0. The zero-order chi connectivity index (χ0) is 26.2. The number of benzene rings is 3. The maximum atomic E-state index is 4.60. The summed E-state index contributed by atoms with van der Waals surface area (Å²) in [5, 5.41) is 3.62. The molecule has 3 aromatic carbocycles. The van der Waals surface area contributed by atoms with Gasteiger partial charge in [0.2, 0.25) is 0 Å². The molecule has 1 saturated heterocycles. The van der Waals surface area contributed by atoms with Crippen LogP contribution in [-0.4, -0.2) is 41.1 Å². The average molecular weight is 505 g/mol. The Hall–Kier alpha value is -3.47. The van der Waals surface area contributed by atoms with Gasteiger partial charge in [0, 0.05) is 31.5 Å². The zero-order valence-corrected chi connectivity index (χ0v) is 22.8. The van der Waals surface area contributed by atoms with Crippen LogP contribution >= 0.6 is 0 Å². The van der Waals surface area contributed by atoms with Crippen molar-refractivity contribution in [2.45, 2.75) is 39.8 Å². The minimum atomic E-state index is 0.284. The summed E-state index contributed by atoms with van der Waals surface area (Å²) < 4.78 is 0. The fraction of sp³-hybridized carbons (Fsp3) is 0.324. The number of aryl methyl sites for hydroxylation is 1. The number of anilines is 1. The van der Waals surface area contributed by atoms with Gasteiger partial charge in [-0.15, -0.1) is 0 Å². The molecule has 0 bridgehead atoms. The highest BCUT2D eigenvalue weighted by Gasteiger charge is 2.32. The third-order valence-electron chi connectivity index (χ3n) is 7.85. The molecule has 4 nitrogen and oxygen atoms in total. The summed E-state index contributed by atoms with van der Waals surface area (Å²) in [6.45, 7) is 10.7. The third-order valence-corrected chi connectivity index (χ3v) is 7.85. The molecule has 1 aliphatic rings. The first-order valence-electron chi connectivity index (χ1n) is 13.8. The maximum Gasteiger partial charge on any atom is 0.0681 e. The topological polar surface area (TPSA) is 31.4 Å². The summed E-state index contributed by atoms with van der Waals surface area (Å²) in [4.78, 5) is 9.76. The van der Waals surface area contributed by atoms with Gasteiger partial charge in [-0.2, -0.15) is 0 Å². The van der Waals surface area contributed by atoms with E-state index in [2.05, 4.69) is 125 Å². The van der Waals surface area contributed by atoms with Crippen LogP contribution in [0, 0.1) is 12.3 Å². The number of rotatable bonds is 10. The molecule has 4 heteroatoms. The predicted octanol–water partition coefficient (Wildman–Crippen LogP) is 7.23. The number of piperidine rings is 1. The summed E-state index contributed by atoms with van der Waals surface area (Å²) in [6, 6.07) is 34.5. The molecule has 1 aromatic heterocycles. The van der Waals surface area contributed by atoms with Gasteiger partial charge in [0.25, 0.3) is 0 Å². The first-order valence-corrected chi connectivity index (χ1v) is 13.8. The molecule has 0 amide bonds. The van der Waals surface area contributed by atoms with E-state index in [0.29, 0.717) is 0 Å². The number of nitrogens with one attached hydrogen (secondary N) is 1. The van der Waals surface area contributed by atoms with Gasteiger partial charge in [-0.25, -0.2) is 0 Å². The van der Waals surface area contributed by atoms with Gasteiger partial charge in [0.1, 0.15) is 0 Å². The molecule has 2 heterocycles. The Kier molecular flexibility index (Phi) is 8.52. The van der Waals surface area contributed by atoms with Crippen molar-refractivity contribution in [3.8, 4) is 11.1 Å². The minimum absolute atomic E-state index is 0.284. The minimum Gasteiger partial charge on any atom is -0.372 e. The summed E-state index contributed by atoms with van der Waals surface area (Å²) in [6.07, 6.45) is 4.30. The molecule has 0 saturated carbocycles. The SMILES string of the molecule is Cc1ccccc1-c1cccc(CN2CCC(C)(CN(CNc3ccccc3)Cc3ccccn3)CC2)c1. The Morgan fingerprint density at radius 2 is 1.63 bits per heavy atom. The Morgan fingerprint density at radius 1 is 0.868 bits per heavy atom. The number of para-hydroxylation sites is 1. The van der Waals surface area contributed by atoms with Crippen LogP contribution in [0.1, 0.15) is 36.6 Å². The number of aromatic nitrogens is 1. The molecular weight excluding hydrogens is 464 g/mol. The van der Waals surface area contributed by atoms with Gasteiger partial charge in [-0.1, -0.05) is 73.7 Å². The Labute approximate surface area is 228 Å². The van der Waals surface area contributed by atoms with Crippen molar-refractivity contribution in [2.24, 2.45) is 5.41 Å². The van der Waals surface area contributed by atoms with Crippen LogP contribution in [0.25, 0.3) is 11.1 Å². The summed E-state index contributed by atoms with van der Waals surface area (Å²) >= 11 is 0. The summed E-state index contributed by atoms with van der Waals surface area (Å²) in [5.41, 5.74) is 7.94. The van der Waals surface area contributed by atoms with E-state index in [-0.39, 0.29) is 5.41 Å². The molecule has 0 atom stereocenters. The van der Waals surface area contributed by atoms with Crippen LogP contribution in [0.15, 0.2) is 103 Å². The Morgan fingerprint density at radius 3 is 2.39 bits per heavy atom. The number of pyridine rings is 1. The van der Waals surface area contributed by atoms with E-state index in [0.717, 1.165) is 50.8 Å². The van der Waals surface area contributed by atoms with E-state index < -0.39 is 0 Å². The fourth-order valence-electron chi connectivity index (χ4n) is 5.59. The van der Waals surface area contributed by atoms with Gasteiger partial charge in [0.15, 0.2) is 0 Å². The molecule has 1 N–H and O–H groups in total. The third kappa shape index (κ3) is 7.09. The second kappa shape index (κ2) is 12.4. The number of hydrogen-bond acceptors (Lipinski definition) is 4. The first kappa shape index (κ1) is 26.1. The van der Waals surface area contributed by atoms with E-state index in [1.54, 1.807) is 0 Å². The monoisotopic (exact) mass is 504 g/mol. The van der Waals surface area contributed by atoms with Crippen molar-refractivity contribution in [3.63, 3.8) is 0 Å². The van der Waals surface area contributed by atoms with Crippen LogP contribution < -0.4 is 5.32 Å². The van der Waals surface area contributed by atoms with Crippen molar-refractivity contribution in [3.05, 3.63) is 120 Å². The second-order valence-electron chi connectivity index (χ2n) is 11.1. The molecule has 4 aromatic rings. The smallest absolute Gasteiger partial charge is 0.0681 e. The summed E-state index contributed by atoms with van der Waals surface area (Å²) in [7, 11) is 0. The normalized spacial score (nSPS) is 15.4. The molecule has 0 aliphatic carbocycles. The lowest BCUT2D eigenvalue weighted by Crippen LogP contribution is -2.45. The maximum absolute atomic E-state index is 4.60. The van der Waals surface area contributed by atoms with Crippen LogP contribution in [0.3, 0.4) is 0 Å². The number of hydrogen-bond donors (Lipinski definition) is 1. The van der Waals surface area contributed by atoms with E-state index >= 15 is 0 Å². The molecule has 38 heavy (non-hydrogen) atoms.